The van der Waals surface area contributed by atoms with Gasteiger partial charge in [-0.3, -0.25) is 0 Å². The highest BCUT2D eigenvalue weighted by atomic mass is 16.5. The average molecular weight is 278 g/mol. The van der Waals surface area contributed by atoms with Gasteiger partial charge in [-0.2, -0.15) is 4.98 Å². The zero-order valence-electron chi connectivity index (χ0n) is 12.5. The van der Waals surface area contributed by atoms with Gasteiger partial charge in [0.2, 0.25) is 5.89 Å². The van der Waals surface area contributed by atoms with E-state index < -0.39 is 0 Å². The van der Waals surface area contributed by atoms with Gasteiger partial charge in [-0.05, 0) is 50.7 Å². The molecule has 2 fully saturated rings. The number of aromatic nitrogens is 2. The van der Waals surface area contributed by atoms with Crippen LogP contribution in [0.4, 0.5) is 5.95 Å². The molecule has 0 spiro atoms. The van der Waals surface area contributed by atoms with Gasteiger partial charge in [-0.1, -0.05) is 12.8 Å². The Bertz CT molecular complexity index is 404. The van der Waals surface area contributed by atoms with Crippen molar-refractivity contribution in [1.29, 1.82) is 0 Å². The molecular weight excluding hydrogens is 252 g/mol. The topological polar surface area (TPSA) is 54.2 Å². The second kappa shape index (κ2) is 6.57. The Labute approximate surface area is 121 Å². The smallest absolute Gasteiger partial charge is 0.266 e. The number of hydrogen-bond acceptors (Lipinski definition) is 5. The van der Waals surface area contributed by atoms with Crippen molar-refractivity contribution in [3.05, 3.63) is 5.89 Å². The third-order valence-electron chi connectivity index (χ3n) is 4.80. The molecule has 0 amide bonds. The third kappa shape index (κ3) is 3.14. The van der Waals surface area contributed by atoms with Crippen LogP contribution in [0.1, 0.15) is 63.2 Å². The minimum Gasteiger partial charge on any atom is -0.338 e. The molecule has 1 aromatic heterocycles. The van der Waals surface area contributed by atoms with Crippen molar-refractivity contribution in [2.75, 3.05) is 25.0 Å². The summed E-state index contributed by atoms with van der Waals surface area (Å²) < 4.78 is 5.54. The van der Waals surface area contributed by atoms with Gasteiger partial charge in [-0.25, -0.2) is 0 Å². The van der Waals surface area contributed by atoms with E-state index >= 15 is 0 Å². The molecule has 0 aromatic carbocycles. The Morgan fingerprint density at radius 1 is 1.05 bits per heavy atom. The quantitative estimate of drug-likeness (QED) is 0.921. The van der Waals surface area contributed by atoms with E-state index in [1.165, 1.54) is 38.5 Å². The fourth-order valence-corrected chi connectivity index (χ4v) is 3.42. The van der Waals surface area contributed by atoms with Crippen LogP contribution < -0.4 is 10.2 Å². The molecule has 0 bridgehead atoms. The van der Waals surface area contributed by atoms with E-state index in [9.17, 15) is 0 Å². The Balaban J connectivity index is 1.61. The fourth-order valence-electron chi connectivity index (χ4n) is 3.42. The van der Waals surface area contributed by atoms with Gasteiger partial charge in [0.1, 0.15) is 0 Å². The molecule has 112 valence electrons. The van der Waals surface area contributed by atoms with Crippen LogP contribution in [0.15, 0.2) is 4.52 Å². The fraction of sp³-hybridized carbons (Fsp3) is 0.867. The summed E-state index contributed by atoms with van der Waals surface area (Å²) in [5.74, 6) is 2.14. The maximum Gasteiger partial charge on any atom is 0.266 e. The van der Waals surface area contributed by atoms with Crippen LogP contribution >= 0.6 is 0 Å². The van der Waals surface area contributed by atoms with Gasteiger partial charge in [-0.15, -0.1) is 0 Å². The molecule has 3 rings (SSSR count). The van der Waals surface area contributed by atoms with Crippen molar-refractivity contribution < 1.29 is 4.52 Å². The largest absolute Gasteiger partial charge is 0.338 e. The molecule has 2 heterocycles. The molecule has 1 N–H and O–H groups in total. The normalized spacial score (nSPS) is 28.4. The maximum atomic E-state index is 5.54. The molecule has 2 aliphatic rings. The van der Waals surface area contributed by atoms with Gasteiger partial charge in [0, 0.05) is 25.0 Å². The summed E-state index contributed by atoms with van der Waals surface area (Å²) in [7, 11) is 2.05. The van der Waals surface area contributed by atoms with E-state index in [0.717, 1.165) is 37.8 Å². The number of anilines is 1. The van der Waals surface area contributed by atoms with Crippen LogP contribution in [0.3, 0.4) is 0 Å². The van der Waals surface area contributed by atoms with Crippen LogP contribution in [0.2, 0.25) is 0 Å². The summed E-state index contributed by atoms with van der Waals surface area (Å²) in [6, 6.07) is 0.666. The van der Waals surface area contributed by atoms with Crippen molar-refractivity contribution >= 4 is 5.95 Å². The molecule has 1 saturated carbocycles. The molecule has 1 aliphatic carbocycles. The Morgan fingerprint density at radius 3 is 2.40 bits per heavy atom. The molecule has 0 radical (unpaired) electrons. The van der Waals surface area contributed by atoms with Gasteiger partial charge < -0.3 is 14.7 Å². The lowest BCUT2D eigenvalue weighted by Crippen LogP contribution is -2.29. The molecule has 1 saturated heterocycles. The molecule has 0 atom stereocenters. The lowest BCUT2D eigenvalue weighted by molar-refractivity contribution is 0.288. The third-order valence-corrected chi connectivity index (χ3v) is 4.80. The van der Waals surface area contributed by atoms with Crippen molar-refractivity contribution in [2.24, 2.45) is 0 Å². The monoisotopic (exact) mass is 278 g/mol. The predicted molar refractivity (Wildman–Crippen MR) is 79.0 cm³/mol. The average Bonchev–Trinajstić information content (AvgIpc) is 2.83. The summed E-state index contributed by atoms with van der Waals surface area (Å²) in [4.78, 5) is 6.97. The van der Waals surface area contributed by atoms with Crippen LogP contribution in [0.5, 0.6) is 0 Å². The highest BCUT2D eigenvalue weighted by Crippen LogP contribution is 2.32. The van der Waals surface area contributed by atoms with Gasteiger partial charge in [0.15, 0.2) is 0 Å². The zero-order valence-corrected chi connectivity index (χ0v) is 12.5. The van der Waals surface area contributed by atoms with Crippen LogP contribution in [-0.2, 0) is 0 Å². The van der Waals surface area contributed by atoms with Crippen molar-refractivity contribution in [3.63, 3.8) is 0 Å². The summed E-state index contributed by atoms with van der Waals surface area (Å²) in [6.07, 6.45) is 9.89. The minimum atomic E-state index is 0.466. The van der Waals surface area contributed by atoms with Crippen molar-refractivity contribution in [2.45, 2.75) is 63.3 Å². The first-order chi connectivity index (χ1) is 9.86. The molecular formula is C15H26N4O. The molecule has 20 heavy (non-hydrogen) atoms. The van der Waals surface area contributed by atoms with Crippen LogP contribution in [0, 0.1) is 0 Å². The van der Waals surface area contributed by atoms with Gasteiger partial charge in [0.05, 0.1) is 0 Å². The lowest BCUT2D eigenvalue weighted by atomic mass is 9.86. The number of nitrogens with one attached hydrogen (secondary N) is 1. The first kappa shape index (κ1) is 13.9. The molecule has 5 heteroatoms. The summed E-state index contributed by atoms with van der Waals surface area (Å²) in [5.41, 5.74) is 0. The predicted octanol–water partition coefficient (Wildman–Crippen LogP) is 2.70. The number of rotatable bonds is 3. The lowest BCUT2D eigenvalue weighted by Gasteiger charge is -2.25. The molecule has 1 aromatic rings. The number of nitrogens with zero attached hydrogens (tertiary/aromatic N) is 3. The zero-order chi connectivity index (χ0) is 13.8. The molecule has 0 unspecified atom stereocenters. The summed E-state index contributed by atoms with van der Waals surface area (Å²) in [5, 5.41) is 7.58. The molecule has 5 nitrogen and oxygen atoms in total. The van der Waals surface area contributed by atoms with Crippen molar-refractivity contribution in [1.82, 2.24) is 15.5 Å². The second-order valence-corrected chi connectivity index (χ2v) is 6.17. The first-order valence-electron chi connectivity index (χ1n) is 8.12. The number of hydrogen-bond donors (Lipinski definition) is 1. The highest BCUT2D eigenvalue weighted by Gasteiger charge is 2.26. The Hall–Kier alpha value is -1.10. The summed E-state index contributed by atoms with van der Waals surface area (Å²) >= 11 is 0. The Morgan fingerprint density at radius 2 is 1.75 bits per heavy atom. The van der Waals surface area contributed by atoms with E-state index in [1.54, 1.807) is 0 Å². The SMILES string of the molecule is CNC1CCC(c2nc(N3CCCCCC3)no2)CC1. The van der Waals surface area contributed by atoms with Crippen molar-refractivity contribution in [3.8, 4) is 0 Å². The van der Waals surface area contributed by atoms with E-state index in [4.69, 9.17) is 4.52 Å². The highest BCUT2D eigenvalue weighted by molar-refractivity contribution is 5.28. The van der Waals surface area contributed by atoms with E-state index in [-0.39, 0.29) is 0 Å². The Kier molecular flexibility index (Phi) is 4.55. The first-order valence-corrected chi connectivity index (χ1v) is 8.12. The van der Waals surface area contributed by atoms with E-state index in [0.29, 0.717) is 12.0 Å². The van der Waals surface area contributed by atoms with Gasteiger partial charge >= 0.3 is 0 Å². The van der Waals surface area contributed by atoms with Crippen LogP contribution in [0.25, 0.3) is 0 Å². The van der Waals surface area contributed by atoms with E-state index in [1.807, 2.05) is 0 Å². The maximum absolute atomic E-state index is 5.54. The molecule has 1 aliphatic heterocycles. The van der Waals surface area contributed by atoms with Crippen LogP contribution in [-0.4, -0.2) is 36.3 Å². The minimum absolute atomic E-state index is 0.466. The second-order valence-electron chi connectivity index (χ2n) is 6.17. The van der Waals surface area contributed by atoms with Gasteiger partial charge in [0.25, 0.3) is 5.95 Å². The summed E-state index contributed by atoms with van der Waals surface area (Å²) in [6.45, 7) is 2.15. The standard InChI is InChI=1S/C15H26N4O/c1-16-13-8-6-12(7-9-13)14-17-15(18-20-14)19-10-4-2-3-5-11-19/h12-13,16H,2-11H2,1H3. The van der Waals surface area contributed by atoms with E-state index in [2.05, 4.69) is 27.4 Å².